The van der Waals surface area contributed by atoms with Gasteiger partial charge in [0.05, 0.1) is 0 Å². The number of carbonyl (C=O) groups is 2. The molecule has 0 aliphatic carbocycles. The highest BCUT2D eigenvalue weighted by atomic mass is 35.5. The maximum Gasteiger partial charge on any atom is 0.254 e. The Morgan fingerprint density at radius 1 is 1.24 bits per heavy atom. The van der Waals surface area contributed by atoms with E-state index in [0.717, 1.165) is 0 Å². The summed E-state index contributed by atoms with van der Waals surface area (Å²) in [6.45, 7) is 4.00. The molecule has 0 radical (unpaired) electrons. The maximum atomic E-state index is 12.4. The first-order valence-electron chi connectivity index (χ1n) is 7.05. The highest BCUT2D eigenvalue weighted by molar-refractivity contribution is 6.30. The second kappa shape index (κ2) is 6.91. The summed E-state index contributed by atoms with van der Waals surface area (Å²) in [5.74, 6) is 0.0108. The van der Waals surface area contributed by atoms with Gasteiger partial charge in [0, 0.05) is 49.2 Å². The number of nitrogens with zero attached hydrogens (tertiary/aromatic N) is 2. The van der Waals surface area contributed by atoms with Gasteiger partial charge in [0.25, 0.3) is 5.91 Å². The zero-order chi connectivity index (χ0) is 15.4. The molecular weight excluding hydrogens is 290 g/mol. The first kappa shape index (κ1) is 15.8. The average molecular weight is 310 g/mol. The lowest BCUT2D eigenvalue weighted by atomic mass is 10.1. The lowest BCUT2D eigenvalue weighted by Gasteiger charge is -2.35. The first-order valence-corrected chi connectivity index (χ1v) is 7.43. The molecule has 1 saturated heterocycles. The third-order valence-corrected chi connectivity index (χ3v) is 3.72. The van der Waals surface area contributed by atoms with Gasteiger partial charge in [-0.05, 0) is 25.1 Å². The summed E-state index contributed by atoms with van der Waals surface area (Å²) in [6.07, 6.45) is 0.349. The molecular formula is C15H20ClN3O2. The van der Waals surface area contributed by atoms with E-state index >= 15 is 0 Å². The zero-order valence-electron chi connectivity index (χ0n) is 12.1. The van der Waals surface area contributed by atoms with Crippen molar-refractivity contribution in [3.8, 4) is 0 Å². The number of hydrogen-bond acceptors (Lipinski definition) is 3. The average Bonchev–Trinajstić information content (AvgIpc) is 2.46. The Bertz CT molecular complexity index is 525. The van der Waals surface area contributed by atoms with Gasteiger partial charge in [0.1, 0.15) is 0 Å². The Kier molecular flexibility index (Phi) is 5.20. The number of carbonyl (C=O) groups excluding carboxylic acids is 2. The second-order valence-corrected chi connectivity index (χ2v) is 5.80. The molecule has 1 unspecified atom stereocenters. The Labute approximate surface area is 129 Å². The van der Waals surface area contributed by atoms with Crippen molar-refractivity contribution in [1.82, 2.24) is 9.80 Å². The fourth-order valence-electron chi connectivity index (χ4n) is 2.37. The van der Waals surface area contributed by atoms with E-state index in [2.05, 4.69) is 0 Å². The summed E-state index contributed by atoms with van der Waals surface area (Å²) in [5.41, 5.74) is 6.22. The third kappa shape index (κ3) is 4.19. The van der Waals surface area contributed by atoms with Gasteiger partial charge in [0.15, 0.2) is 0 Å². The van der Waals surface area contributed by atoms with Crippen molar-refractivity contribution < 1.29 is 9.59 Å². The SMILES string of the molecule is CC(N)CC(=O)N1CCN(C(=O)c2cccc(Cl)c2)CC1. The van der Waals surface area contributed by atoms with Crippen LogP contribution in [0.1, 0.15) is 23.7 Å². The van der Waals surface area contributed by atoms with Crippen molar-refractivity contribution >= 4 is 23.4 Å². The summed E-state index contributed by atoms with van der Waals surface area (Å²) in [7, 11) is 0. The molecule has 2 rings (SSSR count). The lowest BCUT2D eigenvalue weighted by Crippen LogP contribution is -2.51. The van der Waals surface area contributed by atoms with Gasteiger partial charge < -0.3 is 15.5 Å². The topological polar surface area (TPSA) is 66.6 Å². The molecule has 1 aromatic carbocycles. The van der Waals surface area contributed by atoms with E-state index in [9.17, 15) is 9.59 Å². The number of rotatable bonds is 3. The van der Waals surface area contributed by atoms with Crippen LogP contribution in [0.25, 0.3) is 0 Å². The van der Waals surface area contributed by atoms with E-state index < -0.39 is 0 Å². The number of benzene rings is 1. The molecule has 2 amide bonds. The highest BCUT2D eigenvalue weighted by Gasteiger charge is 2.25. The van der Waals surface area contributed by atoms with Gasteiger partial charge in [-0.3, -0.25) is 9.59 Å². The quantitative estimate of drug-likeness (QED) is 0.917. The molecule has 0 bridgehead atoms. The fourth-order valence-corrected chi connectivity index (χ4v) is 2.56. The van der Waals surface area contributed by atoms with Crippen LogP contribution in [0.4, 0.5) is 0 Å². The molecule has 1 aromatic rings. The minimum atomic E-state index is -0.136. The molecule has 0 saturated carbocycles. The Morgan fingerprint density at radius 2 is 1.86 bits per heavy atom. The van der Waals surface area contributed by atoms with Gasteiger partial charge in [-0.25, -0.2) is 0 Å². The molecule has 1 atom stereocenters. The van der Waals surface area contributed by atoms with E-state index in [4.69, 9.17) is 17.3 Å². The van der Waals surface area contributed by atoms with E-state index in [1.165, 1.54) is 0 Å². The standard InChI is InChI=1S/C15H20ClN3O2/c1-11(17)9-14(20)18-5-7-19(8-6-18)15(21)12-3-2-4-13(16)10-12/h2-4,10-11H,5-9,17H2,1H3. The van der Waals surface area contributed by atoms with Crippen LogP contribution < -0.4 is 5.73 Å². The zero-order valence-corrected chi connectivity index (χ0v) is 12.8. The summed E-state index contributed by atoms with van der Waals surface area (Å²) >= 11 is 5.91. The van der Waals surface area contributed by atoms with E-state index in [1.54, 1.807) is 34.1 Å². The smallest absolute Gasteiger partial charge is 0.254 e. The predicted molar refractivity (Wildman–Crippen MR) is 82.2 cm³/mol. The van der Waals surface area contributed by atoms with Gasteiger partial charge in [-0.2, -0.15) is 0 Å². The number of nitrogens with two attached hydrogens (primary N) is 1. The van der Waals surface area contributed by atoms with Crippen molar-refractivity contribution in [3.05, 3.63) is 34.9 Å². The largest absolute Gasteiger partial charge is 0.339 e. The molecule has 1 aliphatic rings. The summed E-state index contributed by atoms with van der Waals surface area (Å²) in [4.78, 5) is 27.8. The second-order valence-electron chi connectivity index (χ2n) is 5.36. The molecule has 1 fully saturated rings. The number of halogens is 1. The molecule has 1 aliphatic heterocycles. The molecule has 6 heteroatoms. The van der Waals surface area contributed by atoms with Crippen molar-refractivity contribution in [3.63, 3.8) is 0 Å². The normalized spacial score (nSPS) is 16.7. The summed E-state index contributed by atoms with van der Waals surface area (Å²) in [6, 6.07) is 6.78. The molecule has 0 aromatic heterocycles. The van der Waals surface area contributed by atoms with Crippen LogP contribution >= 0.6 is 11.6 Å². The van der Waals surface area contributed by atoms with Crippen LogP contribution in [-0.2, 0) is 4.79 Å². The van der Waals surface area contributed by atoms with Crippen molar-refractivity contribution in [2.45, 2.75) is 19.4 Å². The van der Waals surface area contributed by atoms with Gasteiger partial charge in [-0.1, -0.05) is 17.7 Å². The third-order valence-electron chi connectivity index (χ3n) is 3.49. The number of amides is 2. The summed E-state index contributed by atoms with van der Waals surface area (Å²) < 4.78 is 0. The predicted octanol–water partition coefficient (Wildman–Crippen LogP) is 1.36. The summed E-state index contributed by atoms with van der Waals surface area (Å²) in [5, 5.41) is 0.548. The lowest BCUT2D eigenvalue weighted by molar-refractivity contribution is -0.132. The number of piperazine rings is 1. The highest BCUT2D eigenvalue weighted by Crippen LogP contribution is 2.14. The van der Waals surface area contributed by atoms with Crippen LogP contribution in [-0.4, -0.2) is 53.8 Å². The first-order chi connectivity index (χ1) is 9.97. The van der Waals surface area contributed by atoms with E-state index in [0.29, 0.717) is 43.2 Å². The minimum Gasteiger partial charge on any atom is -0.339 e. The van der Waals surface area contributed by atoms with Crippen molar-refractivity contribution in [1.29, 1.82) is 0 Å². The molecule has 2 N–H and O–H groups in total. The Morgan fingerprint density at radius 3 is 2.43 bits per heavy atom. The monoisotopic (exact) mass is 309 g/mol. The molecule has 5 nitrogen and oxygen atoms in total. The van der Waals surface area contributed by atoms with E-state index in [1.807, 2.05) is 6.92 Å². The van der Waals surface area contributed by atoms with Crippen LogP contribution in [0.3, 0.4) is 0 Å². The maximum absolute atomic E-state index is 12.4. The Hall–Kier alpha value is -1.59. The Balaban J connectivity index is 1.92. The van der Waals surface area contributed by atoms with Gasteiger partial charge >= 0.3 is 0 Å². The van der Waals surface area contributed by atoms with Gasteiger partial charge in [0.2, 0.25) is 5.91 Å². The van der Waals surface area contributed by atoms with Crippen LogP contribution in [0.15, 0.2) is 24.3 Å². The number of hydrogen-bond donors (Lipinski definition) is 1. The minimum absolute atomic E-state index is 0.0446. The van der Waals surface area contributed by atoms with Crippen molar-refractivity contribution in [2.24, 2.45) is 5.73 Å². The molecule has 0 spiro atoms. The van der Waals surface area contributed by atoms with Crippen LogP contribution in [0.5, 0.6) is 0 Å². The van der Waals surface area contributed by atoms with E-state index in [-0.39, 0.29) is 17.9 Å². The fraction of sp³-hybridized carbons (Fsp3) is 0.467. The molecule has 1 heterocycles. The van der Waals surface area contributed by atoms with Crippen LogP contribution in [0.2, 0.25) is 5.02 Å². The van der Waals surface area contributed by atoms with Crippen LogP contribution in [0, 0.1) is 0 Å². The molecule has 114 valence electrons. The molecule has 21 heavy (non-hydrogen) atoms. The van der Waals surface area contributed by atoms with Gasteiger partial charge in [-0.15, -0.1) is 0 Å². The van der Waals surface area contributed by atoms with Crippen molar-refractivity contribution in [2.75, 3.05) is 26.2 Å².